The SMILES string of the molecule is O=C(O)C(O)Sc1cc(Cl)ccc1Cl. The van der Waals surface area contributed by atoms with Gasteiger partial charge in [0.2, 0.25) is 5.44 Å². The second-order valence-electron chi connectivity index (χ2n) is 2.38. The number of carboxylic acids is 1. The molecule has 0 aliphatic carbocycles. The van der Waals surface area contributed by atoms with Gasteiger partial charge in [-0.2, -0.15) is 0 Å². The molecule has 14 heavy (non-hydrogen) atoms. The van der Waals surface area contributed by atoms with E-state index in [0.717, 1.165) is 11.8 Å². The molecule has 1 atom stereocenters. The van der Waals surface area contributed by atoms with Crippen LogP contribution in [0.15, 0.2) is 23.1 Å². The molecule has 0 heterocycles. The third kappa shape index (κ3) is 3.06. The van der Waals surface area contributed by atoms with Gasteiger partial charge in [0.25, 0.3) is 0 Å². The van der Waals surface area contributed by atoms with Gasteiger partial charge >= 0.3 is 5.97 Å². The molecule has 0 amide bonds. The highest BCUT2D eigenvalue weighted by Crippen LogP contribution is 2.31. The van der Waals surface area contributed by atoms with Gasteiger partial charge in [0.15, 0.2) is 0 Å². The maximum absolute atomic E-state index is 10.4. The number of thioether (sulfide) groups is 1. The molecule has 0 aliphatic rings. The van der Waals surface area contributed by atoms with Gasteiger partial charge in [-0.1, -0.05) is 35.0 Å². The molecule has 1 rings (SSSR count). The molecular formula is C8H6Cl2O3S. The Morgan fingerprint density at radius 1 is 1.43 bits per heavy atom. The van der Waals surface area contributed by atoms with E-state index in [0.29, 0.717) is 14.9 Å². The van der Waals surface area contributed by atoms with Crippen LogP contribution in [-0.2, 0) is 4.79 Å². The highest BCUT2D eigenvalue weighted by Gasteiger charge is 2.16. The number of aliphatic carboxylic acids is 1. The summed E-state index contributed by atoms with van der Waals surface area (Å²) in [4.78, 5) is 10.8. The third-order valence-electron chi connectivity index (χ3n) is 1.34. The molecule has 2 N–H and O–H groups in total. The van der Waals surface area contributed by atoms with Crippen LogP contribution in [0.3, 0.4) is 0 Å². The van der Waals surface area contributed by atoms with Crippen molar-refractivity contribution in [1.29, 1.82) is 0 Å². The standard InChI is InChI=1S/C8H6Cl2O3S/c9-4-1-2-5(10)6(3-4)14-8(13)7(11)12/h1-3,8,13H,(H,11,12). The van der Waals surface area contributed by atoms with Crippen LogP contribution in [0.2, 0.25) is 10.0 Å². The van der Waals surface area contributed by atoms with Crippen LogP contribution < -0.4 is 0 Å². The average Bonchev–Trinajstić information content (AvgIpc) is 2.11. The van der Waals surface area contributed by atoms with Crippen molar-refractivity contribution in [3.8, 4) is 0 Å². The van der Waals surface area contributed by atoms with Crippen LogP contribution in [0.1, 0.15) is 0 Å². The fourth-order valence-electron chi connectivity index (χ4n) is 0.738. The molecule has 0 aromatic heterocycles. The number of aliphatic hydroxyl groups excluding tert-OH is 1. The lowest BCUT2D eigenvalue weighted by Gasteiger charge is -2.06. The first-order valence-corrected chi connectivity index (χ1v) is 5.17. The largest absolute Gasteiger partial charge is 0.479 e. The Balaban J connectivity index is 2.85. The molecule has 1 aromatic carbocycles. The first-order chi connectivity index (χ1) is 6.50. The van der Waals surface area contributed by atoms with E-state index in [4.69, 9.17) is 33.4 Å². The predicted octanol–water partition coefficient (Wildman–Crippen LogP) is 2.49. The van der Waals surface area contributed by atoms with E-state index < -0.39 is 11.4 Å². The van der Waals surface area contributed by atoms with E-state index in [2.05, 4.69) is 0 Å². The van der Waals surface area contributed by atoms with Crippen molar-refractivity contribution in [3.05, 3.63) is 28.2 Å². The minimum absolute atomic E-state index is 0.361. The Morgan fingerprint density at radius 2 is 2.07 bits per heavy atom. The van der Waals surface area contributed by atoms with Gasteiger partial charge in [0.05, 0.1) is 5.02 Å². The van der Waals surface area contributed by atoms with Crippen LogP contribution >= 0.6 is 35.0 Å². The lowest BCUT2D eigenvalue weighted by molar-refractivity contribution is -0.141. The molecule has 0 aliphatic heterocycles. The van der Waals surface area contributed by atoms with E-state index in [9.17, 15) is 4.79 Å². The van der Waals surface area contributed by atoms with Crippen LogP contribution in [0.4, 0.5) is 0 Å². The monoisotopic (exact) mass is 252 g/mol. The summed E-state index contributed by atoms with van der Waals surface area (Å²) >= 11 is 12.2. The minimum Gasteiger partial charge on any atom is -0.479 e. The van der Waals surface area contributed by atoms with Crippen LogP contribution in [0.25, 0.3) is 0 Å². The van der Waals surface area contributed by atoms with Gasteiger partial charge in [0, 0.05) is 9.92 Å². The fraction of sp³-hybridized carbons (Fsp3) is 0.125. The number of halogens is 2. The van der Waals surface area contributed by atoms with Crippen molar-refractivity contribution in [3.63, 3.8) is 0 Å². The number of rotatable bonds is 3. The number of benzene rings is 1. The van der Waals surface area contributed by atoms with Gasteiger partial charge in [0.1, 0.15) is 0 Å². The number of aliphatic hydroxyl groups is 1. The normalized spacial score (nSPS) is 12.5. The summed E-state index contributed by atoms with van der Waals surface area (Å²) in [5.74, 6) is -1.31. The van der Waals surface area contributed by atoms with Crippen LogP contribution in [0.5, 0.6) is 0 Å². The molecule has 0 saturated carbocycles. The lowest BCUT2D eigenvalue weighted by atomic mass is 10.4. The zero-order valence-electron chi connectivity index (χ0n) is 6.78. The fourth-order valence-corrected chi connectivity index (χ4v) is 1.94. The maximum atomic E-state index is 10.4. The predicted molar refractivity (Wildman–Crippen MR) is 56.0 cm³/mol. The quantitative estimate of drug-likeness (QED) is 0.641. The molecule has 3 nitrogen and oxygen atoms in total. The summed E-state index contributed by atoms with van der Waals surface area (Å²) in [5, 5.41) is 18.3. The van der Waals surface area contributed by atoms with Crippen molar-refractivity contribution in [1.82, 2.24) is 0 Å². The molecular weight excluding hydrogens is 247 g/mol. The van der Waals surface area contributed by atoms with Crippen LogP contribution in [0, 0.1) is 0 Å². The maximum Gasteiger partial charge on any atom is 0.343 e. The van der Waals surface area contributed by atoms with Crippen molar-refractivity contribution in [2.24, 2.45) is 0 Å². The topological polar surface area (TPSA) is 57.5 Å². The van der Waals surface area contributed by atoms with Gasteiger partial charge in [-0.3, -0.25) is 0 Å². The van der Waals surface area contributed by atoms with Crippen molar-refractivity contribution >= 4 is 40.9 Å². The zero-order chi connectivity index (χ0) is 10.7. The minimum atomic E-state index is -1.54. The van der Waals surface area contributed by atoms with Crippen molar-refractivity contribution in [2.45, 2.75) is 10.3 Å². The van der Waals surface area contributed by atoms with E-state index in [1.165, 1.54) is 6.07 Å². The summed E-state index contributed by atoms with van der Waals surface area (Å²) < 4.78 is 0. The number of carboxylic acid groups (broad SMARTS) is 1. The van der Waals surface area contributed by atoms with Gasteiger partial charge < -0.3 is 10.2 Å². The Bertz CT molecular complexity index is 356. The molecule has 0 saturated heterocycles. The first-order valence-electron chi connectivity index (χ1n) is 3.53. The van der Waals surface area contributed by atoms with Gasteiger partial charge in [-0.05, 0) is 18.2 Å². The van der Waals surface area contributed by atoms with E-state index in [-0.39, 0.29) is 0 Å². The lowest BCUT2D eigenvalue weighted by Crippen LogP contribution is -2.14. The first kappa shape index (κ1) is 11.7. The third-order valence-corrected chi connectivity index (χ3v) is 3.04. The Labute approximate surface area is 94.6 Å². The second kappa shape index (κ2) is 4.89. The summed E-state index contributed by atoms with van der Waals surface area (Å²) in [6.07, 6.45) is 0. The number of hydrogen-bond acceptors (Lipinski definition) is 3. The zero-order valence-corrected chi connectivity index (χ0v) is 9.10. The second-order valence-corrected chi connectivity index (χ2v) is 4.35. The highest BCUT2D eigenvalue weighted by atomic mass is 35.5. The molecule has 6 heteroatoms. The summed E-state index contributed by atoms with van der Waals surface area (Å²) in [5.41, 5.74) is -1.54. The van der Waals surface area contributed by atoms with E-state index in [1.807, 2.05) is 0 Å². The molecule has 0 spiro atoms. The van der Waals surface area contributed by atoms with Crippen LogP contribution in [-0.4, -0.2) is 21.6 Å². The van der Waals surface area contributed by atoms with Gasteiger partial charge in [-0.25, -0.2) is 4.79 Å². The molecule has 1 aromatic rings. The van der Waals surface area contributed by atoms with Crippen molar-refractivity contribution in [2.75, 3.05) is 0 Å². The molecule has 76 valence electrons. The molecule has 1 unspecified atom stereocenters. The van der Waals surface area contributed by atoms with E-state index >= 15 is 0 Å². The molecule has 0 bridgehead atoms. The summed E-state index contributed by atoms with van der Waals surface area (Å²) in [7, 11) is 0. The van der Waals surface area contributed by atoms with Gasteiger partial charge in [-0.15, -0.1) is 0 Å². The Kier molecular flexibility index (Phi) is 4.07. The average molecular weight is 253 g/mol. The smallest absolute Gasteiger partial charge is 0.343 e. The Hall–Kier alpha value is -0.420. The number of hydrogen-bond donors (Lipinski definition) is 2. The summed E-state index contributed by atoms with van der Waals surface area (Å²) in [6.45, 7) is 0. The number of carbonyl (C=O) groups is 1. The molecule has 0 radical (unpaired) electrons. The van der Waals surface area contributed by atoms with E-state index in [1.54, 1.807) is 12.1 Å². The van der Waals surface area contributed by atoms with Crippen molar-refractivity contribution < 1.29 is 15.0 Å². The summed E-state index contributed by atoms with van der Waals surface area (Å²) in [6, 6.07) is 4.63. The highest BCUT2D eigenvalue weighted by molar-refractivity contribution is 8.00. The Morgan fingerprint density at radius 3 is 2.64 bits per heavy atom. The molecule has 0 fully saturated rings.